The van der Waals surface area contributed by atoms with Crippen molar-refractivity contribution in [2.24, 2.45) is 10.1 Å². The second kappa shape index (κ2) is 14.3. The van der Waals surface area contributed by atoms with Crippen LogP contribution in [-0.2, 0) is 23.1 Å². The highest BCUT2D eigenvalue weighted by atomic mass is 127. The number of sulfonamides is 1. The lowest BCUT2D eigenvalue weighted by Gasteiger charge is -2.16. The molecule has 0 aliphatic rings. The maximum absolute atomic E-state index is 11.4. The molecule has 0 saturated heterocycles. The molecule has 32 heavy (non-hydrogen) atoms. The smallest absolute Gasteiger partial charge is 0.238 e. The predicted octanol–water partition coefficient (Wildman–Crippen LogP) is 4.08. The highest BCUT2D eigenvalue weighted by molar-refractivity contribution is 14.0. The Kier molecular flexibility index (Phi) is 12.6. The zero-order valence-electron chi connectivity index (χ0n) is 19.1. The van der Waals surface area contributed by atoms with Crippen molar-refractivity contribution in [1.82, 2.24) is 10.6 Å². The lowest BCUT2D eigenvalue weighted by molar-refractivity contribution is 0.301. The van der Waals surface area contributed by atoms with Gasteiger partial charge in [0.2, 0.25) is 10.0 Å². The first kappa shape index (κ1) is 28.2. The number of nitrogens with one attached hydrogen (secondary N) is 2. The number of rotatable bonds is 11. The van der Waals surface area contributed by atoms with Gasteiger partial charge in [0.1, 0.15) is 5.75 Å². The molecule has 178 valence electrons. The van der Waals surface area contributed by atoms with Crippen molar-refractivity contribution >= 4 is 40.0 Å². The van der Waals surface area contributed by atoms with Gasteiger partial charge >= 0.3 is 0 Å². The quantitative estimate of drug-likeness (QED) is 0.162. The largest absolute Gasteiger partial charge is 0.493 e. The minimum absolute atomic E-state index is 0. The maximum atomic E-state index is 11.4. The van der Waals surface area contributed by atoms with Gasteiger partial charge in [-0.25, -0.2) is 13.6 Å². The van der Waals surface area contributed by atoms with Gasteiger partial charge in [0.25, 0.3) is 0 Å². The molecule has 2 rings (SSSR count). The summed E-state index contributed by atoms with van der Waals surface area (Å²) in [5.74, 6) is 1.54. The highest BCUT2D eigenvalue weighted by Gasteiger charge is 2.08. The zero-order chi connectivity index (χ0) is 22.7. The molecule has 0 heterocycles. The van der Waals surface area contributed by atoms with E-state index in [0.29, 0.717) is 19.0 Å². The van der Waals surface area contributed by atoms with E-state index >= 15 is 0 Å². The Morgan fingerprint density at radius 3 is 2.34 bits per heavy atom. The van der Waals surface area contributed by atoms with Crippen molar-refractivity contribution in [1.29, 1.82) is 0 Å². The molecular formula is C23H35IN4O3S. The Balaban J connectivity index is 0.00000512. The predicted molar refractivity (Wildman–Crippen MR) is 141 cm³/mol. The number of nitrogens with zero attached hydrogens (tertiary/aromatic N) is 1. The van der Waals surface area contributed by atoms with Crippen LogP contribution in [0.4, 0.5) is 0 Å². The molecule has 2 aromatic carbocycles. The van der Waals surface area contributed by atoms with Gasteiger partial charge in [-0.15, -0.1) is 24.0 Å². The second-order valence-electron chi connectivity index (χ2n) is 7.49. The summed E-state index contributed by atoms with van der Waals surface area (Å²) in [6.45, 7) is 6.06. The van der Waals surface area contributed by atoms with Crippen molar-refractivity contribution in [2.45, 2.75) is 57.5 Å². The average molecular weight is 575 g/mol. The monoisotopic (exact) mass is 574 g/mol. The number of ether oxygens (including phenoxy) is 1. The lowest BCUT2D eigenvalue weighted by atomic mass is 10.1. The molecule has 0 aromatic heterocycles. The fourth-order valence-corrected chi connectivity index (χ4v) is 3.55. The van der Waals surface area contributed by atoms with Crippen molar-refractivity contribution < 1.29 is 13.2 Å². The van der Waals surface area contributed by atoms with Gasteiger partial charge in [-0.1, -0.05) is 50.5 Å². The number of halogens is 1. The number of guanidine groups is 1. The van der Waals surface area contributed by atoms with Crippen molar-refractivity contribution in [2.75, 3.05) is 13.7 Å². The van der Waals surface area contributed by atoms with Gasteiger partial charge in [0.05, 0.1) is 11.5 Å². The normalized spacial score (nSPS) is 11.6. The van der Waals surface area contributed by atoms with Crippen molar-refractivity contribution in [3.63, 3.8) is 0 Å². The molecule has 0 radical (unpaired) electrons. The topological polar surface area (TPSA) is 106 Å². The van der Waals surface area contributed by atoms with E-state index < -0.39 is 10.0 Å². The molecule has 9 heteroatoms. The van der Waals surface area contributed by atoms with Gasteiger partial charge < -0.3 is 15.4 Å². The average Bonchev–Trinajstić information content (AvgIpc) is 2.74. The summed E-state index contributed by atoms with van der Waals surface area (Å²) in [7, 11) is -1.97. The Labute approximate surface area is 209 Å². The lowest BCUT2D eigenvalue weighted by Crippen LogP contribution is -2.36. The summed E-state index contributed by atoms with van der Waals surface area (Å²) in [6, 6.07) is 12.7. The van der Waals surface area contributed by atoms with Gasteiger partial charge in [-0.3, -0.25) is 4.99 Å². The molecule has 0 amide bonds. The summed E-state index contributed by atoms with van der Waals surface area (Å²) in [5, 5.41) is 11.7. The van der Waals surface area contributed by atoms with E-state index in [1.165, 1.54) is 31.4 Å². The summed E-state index contributed by atoms with van der Waals surface area (Å²) >= 11 is 0. The molecule has 0 aliphatic heterocycles. The number of aliphatic imine (C=N–C) groups is 1. The van der Waals surface area contributed by atoms with E-state index in [-0.39, 0.29) is 28.9 Å². The zero-order valence-corrected chi connectivity index (χ0v) is 22.2. The van der Waals surface area contributed by atoms with Gasteiger partial charge in [-0.2, -0.15) is 0 Å². The number of nitrogens with two attached hydrogens (primary N) is 1. The molecule has 0 bridgehead atoms. The number of aryl methyl sites for hydroxylation is 1. The first-order chi connectivity index (χ1) is 14.8. The van der Waals surface area contributed by atoms with E-state index in [2.05, 4.69) is 47.7 Å². The molecule has 0 spiro atoms. The third-order valence-corrected chi connectivity index (χ3v) is 5.79. The minimum Gasteiger partial charge on any atom is -0.493 e. The van der Waals surface area contributed by atoms with E-state index in [1.54, 1.807) is 19.2 Å². The number of primary sulfonamides is 1. The maximum Gasteiger partial charge on any atom is 0.238 e. The van der Waals surface area contributed by atoms with Crippen LogP contribution in [-0.4, -0.2) is 28.0 Å². The molecule has 4 N–H and O–H groups in total. The molecule has 2 aromatic rings. The number of hydrogen-bond acceptors (Lipinski definition) is 4. The molecule has 0 unspecified atom stereocenters. The molecular weight excluding hydrogens is 539 g/mol. The number of unbranched alkanes of at least 4 members (excludes halogenated alkanes) is 3. The van der Waals surface area contributed by atoms with E-state index in [1.807, 2.05) is 0 Å². The summed E-state index contributed by atoms with van der Waals surface area (Å²) in [6.07, 6.45) is 4.69. The highest BCUT2D eigenvalue weighted by Crippen LogP contribution is 2.21. The number of hydrogen-bond donors (Lipinski definition) is 3. The second-order valence-corrected chi connectivity index (χ2v) is 9.05. The first-order valence-electron chi connectivity index (χ1n) is 10.6. The van der Waals surface area contributed by atoms with Crippen LogP contribution in [0, 0.1) is 6.92 Å². The Morgan fingerprint density at radius 2 is 1.72 bits per heavy atom. The minimum atomic E-state index is -3.68. The third-order valence-electron chi connectivity index (χ3n) is 4.86. The van der Waals surface area contributed by atoms with Crippen LogP contribution in [0.5, 0.6) is 5.75 Å². The van der Waals surface area contributed by atoms with Crippen LogP contribution in [0.15, 0.2) is 52.4 Å². The summed E-state index contributed by atoms with van der Waals surface area (Å²) < 4.78 is 28.8. The van der Waals surface area contributed by atoms with Gasteiger partial charge in [0.15, 0.2) is 5.96 Å². The fraction of sp³-hybridized carbons (Fsp3) is 0.435. The molecule has 0 fully saturated rings. The van der Waals surface area contributed by atoms with E-state index in [0.717, 1.165) is 35.5 Å². The molecule has 0 saturated carbocycles. The molecule has 7 nitrogen and oxygen atoms in total. The Hall–Kier alpha value is -1.85. The fourth-order valence-electron chi connectivity index (χ4n) is 3.04. The Morgan fingerprint density at radius 1 is 1.03 bits per heavy atom. The van der Waals surface area contributed by atoms with Crippen LogP contribution >= 0.6 is 24.0 Å². The Bertz CT molecular complexity index is 964. The van der Waals surface area contributed by atoms with E-state index in [4.69, 9.17) is 9.88 Å². The molecule has 0 atom stereocenters. The summed E-state index contributed by atoms with van der Waals surface area (Å²) in [5.41, 5.74) is 3.15. The van der Waals surface area contributed by atoms with Crippen LogP contribution in [0.25, 0.3) is 0 Å². The standard InChI is InChI=1S/C23H34N4O3S.HI/c1-4-5-6-7-14-30-22-15-18(2)8-11-20(22)17-27-23(25-3)26-16-19-9-12-21(13-10-19)31(24,28)29;/h8-13,15H,4-7,14,16-17H2,1-3H3,(H2,24,28,29)(H2,25,26,27);1H. The SMILES string of the molecule is CCCCCCOc1cc(C)ccc1CNC(=NC)NCc1ccc(S(N)(=O)=O)cc1.I. The van der Waals surface area contributed by atoms with Gasteiger partial charge in [-0.05, 0) is 42.7 Å². The van der Waals surface area contributed by atoms with Crippen LogP contribution in [0.3, 0.4) is 0 Å². The van der Waals surface area contributed by atoms with Gasteiger partial charge in [0, 0.05) is 25.7 Å². The van der Waals surface area contributed by atoms with Crippen LogP contribution in [0.1, 0.15) is 49.3 Å². The number of benzene rings is 2. The van der Waals surface area contributed by atoms with Crippen LogP contribution < -0.4 is 20.5 Å². The van der Waals surface area contributed by atoms with E-state index in [9.17, 15) is 8.42 Å². The first-order valence-corrected chi connectivity index (χ1v) is 12.2. The summed E-state index contributed by atoms with van der Waals surface area (Å²) in [4.78, 5) is 4.35. The van der Waals surface area contributed by atoms with Crippen molar-refractivity contribution in [3.05, 3.63) is 59.2 Å². The van der Waals surface area contributed by atoms with Crippen LogP contribution in [0.2, 0.25) is 0 Å². The third kappa shape index (κ3) is 9.74. The van der Waals surface area contributed by atoms with Crippen molar-refractivity contribution in [3.8, 4) is 5.75 Å². The molecule has 0 aliphatic carbocycles.